The molecule has 25 heavy (non-hydrogen) atoms. The summed E-state index contributed by atoms with van der Waals surface area (Å²) in [6.45, 7) is 4.36. The minimum Gasteiger partial charge on any atom is -0.332 e. The predicted octanol–water partition coefficient (Wildman–Crippen LogP) is 6.29. The summed E-state index contributed by atoms with van der Waals surface area (Å²) in [4.78, 5) is 0. The minimum atomic E-state index is 0.433. The third-order valence-electron chi connectivity index (χ3n) is 4.09. The van der Waals surface area contributed by atoms with Gasteiger partial charge in [-0.05, 0) is 41.4 Å². The molecule has 0 radical (unpaired) electrons. The van der Waals surface area contributed by atoms with E-state index >= 15 is 0 Å². The lowest BCUT2D eigenvalue weighted by Crippen LogP contribution is -2.20. The molecular formula is C22H22N2S. The average Bonchev–Trinajstić information content (AvgIpc) is 2.63. The topological polar surface area (TPSA) is 24.1 Å². The molecule has 0 aliphatic heterocycles. The first-order valence-electron chi connectivity index (χ1n) is 8.46. The van der Waals surface area contributed by atoms with Crippen LogP contribution < -0.4 is 10.6 Å². The van der Waals surface area contributed by atoms with E-state index in [0.29, 0.717) is 11.0 Å². The molecule has 126 valence electrons. The number of benzene rings is 3. The van der Waals surface area contributed by atoms with E-state index < -0.39 is 0 Å². The maximum absolute atomic E-state index is 5.55. The van der Waals surface area contributed by atoms with Crippen LogP contribution in [-0.2, 0) is 0 Å². The van der Waals surface area contributed by atoms with Crippen LogP contribution in [0.3, 0.4) is 0 Å². The van der Waals surface area contributed by atoms with E-state index in [1.807, 2.05) is 42.5 Å². The lowest BCUT2D eigenvalue weighted by Gasteiger charge is -2.17. The second kappa shape index (κ2) is 7.95. The van der Waals surface area contributed by atoms with Gasteiger partial charge >= 0.3 is 0 Å². The summed E-state index contributed by atoms with van der Waals surface area (Å²) in [5, 5.41) is 7.28. The van der Waals surface area contributed by atoms with E-state index in [0.717, 1.165) is 22.5 Å². The third-order valence-corrected chi connectivity index (χ3v) is 4.30. The van der Waals surface area contributed by atoms with Gasteiger partial charge in [-0.2, -0.15) is 0 Å². The molecule has 3 aromatic carbocycles. The maximum Gasteiger partial charge on any atom is 0.175 e. The van der Waals surface area contributed by atoms with Crippen LogP contribution in [0.2, 0.25) is 0 Å². The first-order valence-corrected chi connectivity index (χ1v) is 8.87. The van der Waals surface area contributed by atoms with Crippen molar-refractivity contribution in [1.29, 1.82) is 0 Å². The second-order valence-electron chi connectivity index (χ2n) is 6.23. The number of para-hydroxylation sites is 2. The molecule has 0 fully saturated rings. The highest BCUT2D eigenvalue weighted by molar-refractivity contribution is 7.80. The van der Waals surface area contributed by atoms with Crippen molar-refractivity contribution in [1.82, 2.24) is 0 Å². The SMILES string of the molecule is CC(C)c1ccccc1NC(=S)Nc1ccccc1-c1ccccc1. The minimum absolute atomic E-state index is 0.433. The molecule has 3 rings (SSSR count). The lowest BCUT2D eigenvalue weighted by atomic mass is 10.0. The molecule has 0 spiro atoms. The quantitative estimate of drug-likeness (QED) is 0.543. The van der Waals surface area contributed by atoms with Crippen molar-refractivity contribution in [3.8, 4) is 11.1 Å². The van der Waals surface area contributed by atoms with Crippen LogP contribution in [0.1, 0.15) is 25.3 Å². The van der Waals surface area contributed by atoms with Crippen LogP contribution in [-0.4, -0.2) is 5.11 Å². The summed E-state index contributed by atoms with van der Waals surface area (Å²) in [6.07, 6.45) is 0. The number of hydrogen-bond donors (Lipinski definition) is 2. The number of hydrogen-bond acceptors (Lipinski definition) is 1. The average molecular weight is 346 g/mol. The fourth-order valence-electron chi connectivity index (χ4n) is 2.85. The normalized spacial score (nSPS) is 10.5. The molecule has 0 aliphatic rings. The number of rotatable bonds is 4. The molecule has 0 atom stereocenters. The summed E-state index contributed by atoms with van der Waals surface area (Å²) in [5.74, 6) is 0.433. The Morgan fingerprint density at radius 1 is 0.720 bits per heavy atom. The number of nitrogens with one attached hydrogen (secondary N) is 2. The Morgan fingerprint density at radius 2 is 1.28 bits per heavy atom. The van der Waals surface area contributed by atoms with Crippen molar-refractivity contribution >= 4 is 28.7 Å². The van der Waals surface area contributed by atoms with E-state index in [1.54, 1.807) is 0 Å². The summed E-state index contributed by atoms with van der Waals surface area (Å²) in [7, 11) is 0. The van der Waals surface area contributed by atoms with Gasteiger partial charge in [0.2, 0.25) is 0 Å². The van der Waals surface area contributed by atoms with Gasteiger partial charge in [0, 0.05) is 16.9 Å². The summed E-state index contributed by atoms with van der Waals surface area (Å²) in [6, 6.07) is 26.8. The molecule has 0 saturated heterocycles. The number of anilines is 2. The number of thiocarbonyl (C=S) groups is 1. The Kier molecular flexibility index (Phi) is 5.46. The monoisotopic (exact) mass is 346 g/mol. The summed E-state index contributed by atoms with van der Waals surface area (Å²) >= 11 is 5.55. The molecule has 0 heterocycles. The van der Waals surface area contributed by atoms with E-state index in [2.05, 4.69) is 60.9 Å². The fourth-order valence-corrected chi connectivity index (χ4v) is 3.07. The first kappa shape index (κ1) is 17.2. The standard InChI is InChI=1S/C22H22N2S/c1-16(2)18-12-6-8-14-20(18)23-22(25)24-21-15-9-7-13-19(21)17-10-4-3-5-11-17/h3-16H,1-2H3,(H2,23,24,25). The Bertz CT molecular complexity index is 857. The Morgan fingerprint density at radius 3 is 2.00 bits per heavy atom. The zero-order chi connectivity index (χ0) is 17.6. The van der Waals surface area contributed by atoms with Crippen molar-refractivity contribution in [3.05, 3.63) is 84.4 Å². The predicted molar refractivity (Wildman–Crippen MR) is 112 cm³/mol. The zero-order valence-corrected chi connectivity index (χ0v) is 15.3. The molecule has 0 aromatic heterocycles. The highest BCUT2D eigenvalue weighted by Gasteiger charge is 2.09. The van der Waals surface area contributed by atoms with Gasteiger partial charge in [-0.1, -0.05) is 80.6 Å². The van der Waals surface area contributed by atoms with Crippen molar-refractivity contribution in [2.75, 3.05) is 10.6 Å². The maximum atomic E-state index is 5.55. The second-order valence-corrected chi connectivity index (χ2v) is 6.64. The smallest absolute Gasteiger partial charge is 0.175 e. The van der Waals surface area contributed by atoms with Gasteiger partial charge in [-0.25, -0.2) is 0 Å². The summed E-state index contributed by atoms with van der Waals surface area (Å²) in [5.41, 5.74) is 5.59. The molecule has 3 heteroatoms. The van der Waals surface area contributed by atoms with E-state index in [-0.39, 0.29) is 0 Å². The molecule has 0 saturated carbocycles. The lowest BCUT2D eigenvalue weighted by molar-refractivity contribution is 0.869. The zero-order valence-electron chi connectivity index (χ0n) is 14.5. The fraction of sp³-hybridized carbons (Fsp3) is 0.136. The van der Waals surface area contributed by atoms with Crippen molar-refractivity contribution in [3.63, 3.8) is 0 Å². The Labute approximate surface area is 154 Å². The third kappa shape index (κ3) is 4.25. The highest BCUT2D eigenvalue weighted by atomic mass is 32.1. The van der Waals surface area contributed by atoms with Gasteiger partial charge in [0.25, 0.3) is 0 Å². The van der Waals surface area contributed by atoms with Crippen LogP contribution in [0.4, 0.5) is 11.4 Å². The first-order chi connectivity index (χ1) is 12.1. The molecule has 0 aliphatic carbocycles. The Balaban J connectivity index is 1.81. The van der Waals surface area contributed by atoms with E-state index in [4.69, 9.17) is 12.2 Å². The van der Waals surface area contributed by atoms with E-state index in [1.165, 1.54) is 5.56 Å². The van der Waals surface area contributed by atoms with Gasteiger partial charge in [0.1, 0.15) is 0 Å². The molecule has 0 amide bonds. The van der Waals surface area contributed by atoms with Gasteiger partial charge in [0.15, 0.2) is 5.11 Å². The molecule has 3 aromatic rings. The Hall–Kier alpha value is -2.65. The molecular weight excluding hydrogens is 324 g/mol. The van der Waals surface area contributed by atoms with Gasteiger partial charge in [-0.3, -0.25) is 0 Å². The summed E-state index contributed by atoms with van der Waals surface area (Å²) < 4.78 is 0. The molecule has 0 unspecified atom stereocenters. The molecule has 2 nitrogen and oxygen atoms in total. The van der Waals surface area contributed by atoms with Crippen molar-refractivity contribution in [2.45, 2.75) is 19.8 Å². The van der Waals surface area contributed by atoms with Gasteiger partial charge in [-0.15, -0.1) is 0 Å². The molecule has 2 N–H and O–H groups in total. The van der Waals surface area contributed by atoms with E-state index in [9.17, 15) is 0 Å². The molecule has 0 bridgehead atoms. The van der Waals surface area contributed by atoms with Crippen LogP contribution in [0, 0.1) is 0 Å². The van der Waals surface area contributed by atoms with Crippen LogP contribution >= 0.6 is 12.2 Å². The highest BCUT2D eigenvalue weighted by Crippen LogP contribution is 2.28. The van der Waals surface area contributed by atoms with Crippen molar-refractivity contribution in [2.24, 2.45) is 0 Å². The van der Waals surface area contributed by atoms with Crippen LogP contribution in [0.5, 0.6) is 0 Å². The van der Waals surface area contributed by atoms with Crippen LogP contribution in [0.25, 0.3) is 11.1 Å². The van der Waals surface area contributed by atoms with Gasteiger partial charge < -0.3 is 10.6 Å². The van der Waals surface area contributed by atoms with Gasteiger partial charge in [0.05, 0.1) is 0 Å². The largest absolute Gasteiger partial charge is 0.332 e. The van der Waals surface area contributed by atoms with Crippen molar-refractivity contribution < 1.29 is 0 Å². The van der Waals surface area contributed by atoms with Crippen LogP contribution in [0.15, 0.2) is 78.9 Å².